The standard InChI is InChI=1S/C21H24N2O5S/c1-12-17(20(25)27-2)19(29-18(12)21(26)28-3)23-16(24)11-22-15-10-6-8-13-7-4-5-9-14(13)15/h4-5,7,9,15,22H,6,8,10-11H2,1-3H3,(H,23,24)/p+1/t15-/m0/s1. The van der Waals surface area contributed by atoms with Crippen LogP contribution in [0.4, 0.5) is 5.00 Å². The van der Waals surface area contributed by atoms with Gasteiger partial charge in [-0.15, -0.1) is 11.3 Å². The number of amides is 1. The normalized spacial score (nSPS) is 15.3. The summed E-state index contributed by atoms with van der Waals surface area (Å²) in [6.45, 7) is 1.85. The molecule has 0 bridgehead atoms. The number of fused-ring (bicyclic) bond motifs is 1. The maximum absolute atomic E-state index is 12.6. The predicted octanol–water partition coefficient (Wildman–Crippen LogP) is 2.21. The first-order valence-electron chi connectivity index (χ1n) is 9.47. The van der Waals surface area contributed by atoms with Gasteiger partial charge in [0.2, 0.25) is 0 Å². The number of anilines is 1. The molecule has 1 aromatic carbocycles. The average Bonchev–Trinajstić information content (AvgIpc) is 3.06. The second-order valence-electron chi connectivity index (χ2n) is 6.93. The molecule has 1 amide bonds. The van der Waals surface area contributed by atoms with Gasteiger partial charge in [-0.25, -0.2) is 9.59 Å². The molecule has 1 atom stereocenters. The molecule has 8 heteroatoms. The zero-order valence-electron chi connectivity index (χ0n) is 16.7. The van der Waals surface area contributed by atoms with E-state index in [2.05, 4.69) is 17.4 Å². The second-order valence-corrected chi connectivity index (χ2v) is 7.95. The Morgan fingerprint density at radius 1 is 1.17 bits per heavy atom. The van der Waals surface area contributed by atoms with Crippen LogP contribution in [-0.4, -0.2) is 38.6 Å². The maximum Gasteiger partial charge on any atom is 0.348 e. The van der Waals surface area contributed by atoms with Crippen LogP contribution < -0.4 is 10.6 Å². The van der Waals surface area contributed by atoms with Crippen molar-refractivity contribution < 1.29 is 29.2 Å². The summed E-state index contributed by atoms with van der Waals surface area (Å²) in [6, 6.07) is 8.56. The van der Waals surface area contributed by atoms with Gasteiger partial charge in [-0.05, 0) is 30.9 Å². The molecule has 0 saturated carbocycles. The van der Waals surface area contributed by atoms with Crippen molar-refractivity contribution in [2.75, 3.05) is 26.1 Å². The lowest BCUT2D eigenvalue weighted by Gasteiger charge is -2.23. The van der Waals surface area contributed by atoms with Crippen molar-refractivity contribution in [2.45, 2.75) is 32.2 Å². The molecule has 7 nitrogen and oxygen atoms in total. The Labute approximate surface area is 173 Å². The average molecular weight is 418 g/mol. The van der Waals surface area contributed by atoms with Crippen molar-refractivity contribution in [3.05, 3.63) is 51.4 Å². The Morgan fingerprint density at radius 3 is 2.62 bits per heavy atom. The van der Waals surface area contributed by atoms with Crippen molar-refractivity contribution >= 4 is 34.2 Å². The summed E-state index contributed by atoms with van der Waals surface area (Å²) in [5.74, 6) is -1.39. The van der Waals surface area contributed by atoms with Crippen LogP contribution in [0.25, 0.3) is 0 Å². The highest BCUT2D eigenvalue weighted by Gasteiger charge is 2.28. The van der Waals surface area contributed by atoms with Crippen LogP contribution in [0.5, 0.6) is 0 Å². The fraction of sp³-hybridized carbons (Fsp3) is 0.381. The van der Waals surface area contributed by atoms with E-state index >= 15 is 0 Å². The summed E-state index contributed by atoms with van der Waals surface area (Å²) in [5.41, 5.74) is 3.25. The quantitative estimate of drug-likeness (QED) is 0.702. The second kappa shape index (κ2) is 9.19. The third-order valence-electron chi connectivity index (χ3n) is 5.16. The molecule has 0 aliphatic heterocycles. The fourth-order valence-electron chi connectivity index (χ4n) is 3.70. The van der Waals surface area contributed by atoms with Gasteiger partial charge in [-0.1, -0.05) is 24.3 Å². The van der Waals surface area contributed by atoms with Gasteiger partial charge in [-0.3, -0.25) is 4.79 Å². The number of carbonyl (C=O) groups excluding carboxylic acids is 3. The lowest BCUT2D eigenvalue weighted by Crippen LogP contribution is -2.87. The van der Waals surface area contributed by atoms with Gasteiger partial charge >= 0.3 is 11.9 Å². The zero-order valence-corrected chi connectivity index (χ0v) is 17.6. The molecule has 1 aromatic heterocycles. The minimum absolute atomic E-state index is 0.189. The lowest BCUT2D eigenvalue weighted by atomic mass is 9.88. The third-order valence-corrected chi connectivity index (χ3v) is 6.35. The number of rotatable bonds is 6. The van der Waals surface area contributed by atoms with Crippen LogP contribution in [-0.2, 0) is 20.7 Å². The first-order valence-corrected chi connectivity index (χ1v) is 10.3. The summed E-state index contributed by atoms with van der Waals surface area (Å²) in [5, 5.41) is 5.09. The third kappa shape index (κ3) is 4.49. The molecule has 29 heavy (non-hydrogen) atoms. The molecule has 1 aliphatic carbocycles. The zero-order chi connectivity index (χ0) is 21.0. The number of carbonyl (C=O) groups is 3. The highest BCUT2D eigenvalue weighted by molar-refractivity contribution is 7.18. The molecular formula is C21H25N2O5S+. The van der Waals surface area contributed by atoms with E-state index in [1.165, 1.54) is 25.3 Å². The van der Waals surface area contributed by atoms with E-state index in [0.29, 0.717) is 10.6 Å². The van der Waals surface area contributed by atoms with Crippen molar-refractivity contribution in [1.29, 1.82) is 0 Å². The van der Waals surface area contributed by atoms with E-state index in [1.54, 1.807) is 6.92 Å². The number of quaternary nitrogens is 1. The van der Waals surface area contributed by atoms with Gasteiger partial charge < -0.3 is 20.1 Å². The summed E-state index contributed by atoms with van der Waals surface area (Å²) >= 11 is 1.02. The molecule has 2 aromatic rings. The van der Waals surface area contributed by atoms with Crippen molar-refractivity contribution in [3.8, 4) is 0 Å². The number of hydrogen-bond donors (Lipinski definition) is 2. The molecule has 0 radical (unpaired) electrons. The van der Waals surface area contributed by atoms with Crippen LogP contribution in [0.15, 0.2) is 24.3 Å². The molecule has 154 valence electrons. The van der Waals surface area contributed by atoms with Gasteiger partial charge in [0.25, 0.3) is 5.91 Å². The molecule has 0 fully saturated rings. The largest absolute Gasteiger partial charge is 0.465 e. The number of nitrogens with two attached hydrogens (primary N) is 1. The van der Waals surface area contributed by atoms with E-state index in [0.717, 1.165) is 30.6 Å². The minimum Gasteiger partial charge on any atom is -0.465 e. The smallest absolute Gasteiger partial charge is 0.348 e. The lowest BCUT2D eigenvalue weighted by molar-refractivity contribution is -0.687. The number of aryl methyl sites for hydroxylation is 1. The number of nitrogens with one attached hydrogen (secondary N) is 1. The van der Waals surface area contributed by atoms with Gasteiger partial charge in [0, 0.05) is 12.0 Å². The summed E-state index contributed by atoms with van der Waals surface area (Å²) < 4.78 is 9.58. The van der Waals surface area contributed by atoms with E-state index in [-0.39, 0.29) is 28.9 Å². The van der Waals surface area contributed by atoms with E-state index < -0.39 is 11.9 Å². The van der Waals surface area contributed by atoms with Crippen LogP contribution >= 0.6 is 11.3 Å². The van der Waals surface area contributed by atoms with Gasteiger partial charge in [-0.2, -0.15) is 0 Å². The number of thiophene rings is 1. The van der Waals surface area contributed by atoms with Crippen LogP contribution in [0, 0.1) is 6.92 Å². The maximum atomic E-state index is 12.6. The number of benzene rings is 1. The predicted molar refractivity (Wildman–Crippen MR) is 109 cm³/mol. The van der Waals surface area contributed by atoms with Crippen molar-refractivity contribution in [3.63, 3.8) is 0 Å². The number of ether oxygens (including phenoxy) is 2. The Bertz CT molecular complexity index is 937. The van der Waals surface area contributed by atoms with Gasteiger partial charge in [0.05, 0.1) is 19.8 Å². The van der Waals surface area contributed by atoms with Crippen molar-refractivity contribution in [1.82, 2.24) is 0 Å². The Morgan fingerprint density at radius 2 is 1.90 bits per heavy atom. The van der Waals surface area contributed by atoms with Crippen molar-refractivity contribution in [2.24, 2.45) is 0 Å². The summed E-state index contributed by atoms with van der Waals surface area (Å²) in [7, 11) is 2.53. The molecule has 0 unspecified atom stereocenters. The first-order chi connectivity index (χ1) is 14.0. The summed E-state index contributed by atoms with van der Waals surface area (Å²) in [4.78, 5) is 37.0. The van der Waals surface area contributed by atoms with Crippen LogP contribution in [0.3, 0.4) is 0 Å². The number of methoxy groups -OCH3 is 2. The number of hydrogen-bond acceptors (Lipinski definition) is 6. The molecule has 1 aliphatic rings. The number of esters is 2. The highest BCUT2D eigenvalue weighted by atomic mass is 32.1. The van der Waals surface area contributed by atoms with Crippen LogP contribution in [0.1, 0.15) is 55.6 Å². The van der Waals surface area contributed by atoms with Crippen LogP contribution in [0.2, 0.25) is 0 Å². The molecular weight excluding hydrogens is 392 g/mol. The minimum atomic E-state index is -0.602. The SMILES string of the molecule is COC(=O)c1sc(NC(=O)C[NH2+][C@H]2CCCc3ccccc32)c(C(=O)OC)c1C. The Kier molecular flexibility index (Phi) is 6.66. The van der Waals surface area contributed by atoms with Gasteiger partial charge in [0.1, 0.15) is 15.9 Å². The van der Waals surface area contributed by atoms with E-state index in [9.17, 15) is 14.4 Å². The van der Waals surface area contributed by atoms with E-state index in [1.807, 2.05) is 17.4 Å². The first kappa shape index (κ1) is 21.0. The van der Waals surface area contributed by atoms with E-state index in [4.69, 9.17) is 9.47 Å². The topological polar surface area (TPSA) is 98.3 Å². The molecule has 0 spiro atoms. The Hall–Kier alpha value is -2.71. The highest BCUT2D eigenvalue weighted by Crippen LogP contribution is 2.34. The monoisotopic (exact) mass is 417 g/mol. The molecule has 0 saturated heterocycles. The molecule has 1 heterocycles. The molecule has 3 N–H and O–H groups in total. The summed E-state index contributed by atoms with van der Waals surface area (Å²) in [6.07, 6.45) is 3.18. The molecule has 3 rings (SSSR count). The van der Waals surface area contributed by atoms with Gasteiger partial charge in [0.15, 0.2) is 6.54 Å². The Balaban J connectivity index is 1.72. The fourth-order valence-corrected chi connectivity index (χ4v) is 4.83.